The molecule has 0 aliphatic heterocycles. The van der Waals surface area contributed by atoms with Gasteiger partial charge in [0, 0.05) is 16.7 Å². The minimum atomic E-state index is -0.439. The predicted octanol–water partition coefficient (Wildman–Crippen LogP) is 12.1. The Labute approximate surface area is 309 Å². The van der Waals surface area contributed by atoms with E-state index in [-0.39, 0.29) is 0 Å². The molecule has 0 unspecified atom stereocenters. The number of hydrogen-bond acceptors (Lipinski definition) is 3. The van der Waals surface area contributed by atoms with Crippen molar-refractivity contribution in [3.8, 4) is 56.4 Å². The van der Waals surface area contributed by atoms with Crippen molar-refractivity contribution in [3.63, 3.8) is 0 Å². The summed E-state index contributed by atoms with van der Waals surface area (Å²) in [7, 11) is 0. The Hall–Kier alpha value is -6.97. The first-order chi connectivity index (χ1) is 26.3. The van der Waals surface area contributed by atoms with Crippen LogP contribution in [0.25, 0.3) is 67.2 Å². The van der Waals surface area contributed by atoms with Crippen molar-refractivity contribution in [3.05, 3.63) is 222 Å². The molecule has 0 bridgehead atoms. The summed E-state index contributed by atoms with van der Waals surface area (Å²) in [5, 5.41) is 2.31. The second-order valence-corrected chi connectivity index (χ2v) is 13.6. The Kier molecular flexibility index (Phi) is 7.36. The van der Waals surface area contributed by atoms with Crippen LogP contribution in [0.15, 0.2) is 200 Å². The zero-order chi connectivity index (χ0) is 35.2. The zero-order valence-electron chi connectivity index (χ0n) is 28.9. The van der Waals surface area contributed by atoms with E-state index in [0.717, 1.165) is 27.6 Å². The van der Waals surface area contributed by atoms with Gasteiger partial charge in [0.05, 0.1) is 5.41 Å². The lowest BCUT2D eigenvalue weighted by Crippen LogP contribution is -2.28. The summed E-state index contributed by atoms with van der Waals surface area (Å²) in [5.41, 5.74) is 12.4. The summed E-state index contributed by atoms with van der Waals surface area (Å²) >= 11 is 0. The molecule has 0 saturated heterocycles. The van der Waals surface area contributed by atoms with Gasteiger partial charge in [0.25, 0.3) is 0 Å². The van der Waals surface area contributed by atoms with Crippen molar-refractivity contribution in [2.75, 3.05) is 0 Å². The van der Waals surface area contributed by atoms with Gasteiger partial charge in [-0.05, 0) is 73.5 Å². The van der Waals surface area contributed by atoms with Crippen molar-refractivity contribution < 1.29 is 0 Å². The van der Waals surface area contributed by atoms with Crippen molar-refractivity contribution in [2.45, 2.75) is 5.41 Å². The lowest BCUT2D eigenvalue weighted by molar-refractivity contribution is 0.769. The Bertz CT molecular complexity index is 2700. The molecule has 8 aromatic carbocycles. The molecule has 1 aromatic heterocycles. The molecule has 3 nitrogen and oxygen atoms in total. The Morgan fingerprint density at radius 3 is 1.36 bits per heavy atom. The molecular weight excluding hydrogens is 643 g/mol. The van der Waals surface area contributed by atoms with Crippen LogP contribution >= 0.6 is 0 Å². The molecule has 0 fully saturated rings. The van der Waals surface area contributed by atoms with Gasteiger partial charge in [-0.15, -0.1) is 0 Å². The molecule has 53 heavy (non-hydrogen) atoms. The fraction of sp³-hybridized carbons (Fsp3) is 0.0200. The maximum absolute atomic E-state index is 5.10. The average Bonchev–Trinajstić information content (AvgIpc) is 3.53. The smallest absolute Gasteiger partial charge is 0.164 e. The summed E-state index contributed by atoms with van der Waals surface area (Å²) in [6.45, 7) is 0. The first-order valence-corrected chi connectivity index (χ1v) is 18.0. The Morgan fingerprint density at radius 2 is 0.736 bits per heavy atom. The van der Waals surface area contributed by atoms with Crippen LogP contribution in [0.4, 0.5) is 0 Å². The molecule has 0 radical (unpaired) electrons. The SMILES string of the molecule is c1ccc(-c2ccc(-c3nc(-c4ccccc4)nc(-c4ccc5cc6c(cc5c4)-c4ccccc4C6(c4ccccc4)c4ccccc4)n3)cc2)cc1. The van der Waals surface area contributed by atoms with Gasteiger partial charge in [-0.2, -0.15) is 0 Å². The number of nitrogens with zero attached hydrogens (tertiary/aromatic N) is 3. The Balaban J connectivity index is 1.14. The number of hydrogen-bond donors (Lipinski definition) is 0. The van der Waals surface area contributed by atoms with E-state index in [1.807, 2.05) is 36.4 Å². The van der Waals surface area contributed by atoms with E-state index in [1.54, 1.807) is 0 Å². The fourth-order valence-corrected chi connectivity index (χ4v) is 8.12. The van der Waals surface area contributed by atoms with E-state index in [9.17, 15) is 0 Å². The maximum atomic E-state index is 5.10. The highest BCUT2D eigenvalue weighted by Gasteiger charge is 2.46. The summed E-state index contributed by atoms with van der Waals surface area (Å²) in [4.78, 5) is 15.1. The predicted molar refractivity (Wildman–Crippen MR) is 216 cm³/mol. The van der Waals surface area contributed by atoms with Crippen LogP contribution in [-0.2, 0) is 5.41 Å². The molecule has 0 atom stereocenters. The topological polar surface area (TPSA) is 38.7 Å². The highest BCUT2D eigenvalue weighted by Crippen LogP contribution is 2.56. The molecule has 1 aliphatic rings. The van der Waals surface area contributed by atoms with E-state index in [1.165, 1.54) is 44.3 Å². The third kappa shape index (κ3) is 5.17. The van der Waals surface area contributed by atoms with Crippen LogP contribution in [0.3, 0.4) is 0 Å². The van der Waals surface area contributed by atoms with E-state index in [2.05, 4.69) is 164 Å². The van der Waals surface area contributed by atoms with Gasteiger partial charge in [-0.25, -0.2) is 15.0 Å². The molecule has 9 aromatic rings. The minimum absolute atomic E-state index is 0.439. The van der Waals surface area contributed by atoms with Crippen LogP contribution in [0, 0.1) is 0 Å². The average molecular weight is 676 g/mol. The number of fused-ring (bicyclic) bond motifs is 4. The van der Waals surface area contributed by atoms with Crippen LogP contribution in [-0.4, -0.2) is 15.0 Å². The number of aromatic nitrogens is 3. The van der Waals surface area contributed by atoms with Crippen molar-refractivity contribution in [1.82, 2.24) is 15.0 Å². The van der Waals surface area contributed by atoms with Crippen molar-refractivity contribution in [2.24, 2.45) is 0 Å². The number of benzene rings is 8. The van der Waals surface area contributed by atoms with E-state index >= 15 is 0 Å². The first-order valence-electron chi connectivity index (χ1n) is 18.0. The maximum Gasteiger partial charge on any atom is 0.164 e. The third-order valence-electron chi connectivity index (χ3n) is 10.6. The van der Waals surface area contributed by atoms with Gasteiger partial charge < -0.3 is 0 Å². The monoisotopic (exact) mass is 675 g/mol. The van der Waals surface area contributed by atoms with Crippen molar-refractivity contribution >= 4 is 10.8 Å². The van der Waals surface area contributed by atoms with Gasteiger partial charge >= 0.3 is 0 Å². The summed E-state index contributed by atoms with van der Waals surface area (Å²) in [6, 6.07) is 71.2. The summed E-state index contributed by atoms with van der Waals surface area (Å²) in [6.07, 6.45) is 0. The standard InChI is InChI=1S/C50H33N3/c1-5-15-34(16-6-1)35-25-27-37(28-26-35)48-51-47(36-17-7-2-8-18-36)52-49(53-48)39-30-29-38-33-46-44(32-40(38)31-39)43-23-13-14-24-45(43)50(46,41-19-9-3-10-20-41)42-21-11-4-12-22-42/h1-33H. The Morgan fingerprint density at radius 1 is 0.283 bits per heavy atom. The molecule has 10 rings (SSSR count). The summed E-state index contributed by atoms with van der Waals surface area (Å²) < 4.78 is 0. The quantitative estimate of drug-likeness (QED) is 0.176. The highest BCUT2D eigenvalue weighted by atomic mass is 15.0. The molecule has 0 spiro atoms. The molecule has 3 heteroatoms. The molecule has 1 aliphatic carbocycles. The fourth-order valence-electron chi connectivity index (χ4n) is 8.12. The van der Waals surface area contributed by atoms with Crippen LogP contribution in [0.2, 0.25) is 0 Å². The van der Waals surface area contributed by atoms with Crippen molar-refractivity contribution in [1.29, 1.82) is 0 Å². The lowest BCUT2D eigenvalue weighted by Gasteiger charge is -2.34. The third-order valence-corrected chi connectivity index (χ3v) is 10.6. The normalized spacial score (nSPS) is 12.7. The van der Waals surface area contributed by atoms with Crippen LogP contribution < -0.4 is 0 Å². The highest BCUT2D eigenvalue weighted by molar-refractivity contribution is 5.97. The molecular formula is C50H33N3. The first kappa shape index (κ1) is 30.8. The van der Waals surface area contributed by atoms with Crippen LogP contribution in [0.5, 0.6) is 0 Å². The van der Waals surface area contributed by atoms with E-state index in [4.69, 9.17) is 15.0 Å². The molecule has 0 amide bonds. The van der Waals surface area contributed by atoms with Gasteiger partial charge in [-0.1, -0.05) is 182 Å². The zero-order valence-corrected chi connectivity index (χ0v) is 28.9. The lowest BCUT2D eigenvalue weighted by atomic mass is 9.67. The van der Waals surface area contributed by atoms with Gasteiger partial charge in [-0.3, -0.25) is 0 Å². The molecule has 248 valence electrons. The van der Waals surface area contributed by atoms with Crippen LogP contribution in [0.1, 0.15) is 22.3 Å². The van der Waals surface area contributed by atoms with Gasteiger partial charge in [0.15, 0.2) is 17.5 Å². The van der Waals surface area contributed by atoms with E-state index < -0.39 is 5.41 Å². The molecule has 0 saturated carbocycles. The number of rotatable bonds is 6. The molecule has 1 heterocycles. The second kappa shape index (κ2) is 12.7. The largest absolute Gasteiger partial charge is 0.208 e. The minimum Gasteiger partial charge on any atom is -0.208 e. The van der Waals surface area contributed by atoms with Gasteiger partial charge in [0.2, 0.25) is 0 Å². The second-order valence-electron chi connectivity index (χ2n) is 13.6. The molecule has 0 N–H and O–H groups in total. The van der Waals surface area contributed by atoms with E-state index in [0.29, 0.717) is 17.5 Å². The van der Waals surface area contributed by atoms with Gasteiger partial charge in [0.1, 0.15) is 0 Å². The summed E-state index contributed by atoms with van der Waals surface area (Å²) in [5.74, 6) is 1.94.